The number of hydrogen-bond donors (Lipinski definition) is 1. The summed E-state index contributed by atoms with van der Waals surface area (Å²) in [6, 6.07) is 16.6. The number of rotatable bonds is 6. The fourth-order valence-corrected chi connectivity index (χ4v) is 5.83. The van der Waals surface area contributed by atoms with Gasteiger partial charge in [-0.3, -0.25) is 24.2 Å². The van der Waals surface area contributed by atoms with E-state index in [9.17, 15) is 19.2 Å². The van der Waals surface area contributed by atoms with E-state index in [0.717, 1.165) is 28.4 Å². The maximum absolute atomic E-state index is 12.9. The number of fused-ring (bicyclic) bond motifs is 2. The van der Waals surface area contributed by atoms with Crippen molar-refractivity contribution in [1.82, 2.24) is 9.80 Å². The van der Waals surface area contributed by atoms with E-state index in [2.05, 4.69) is 22.3 Å². The number of esters is 1. The molecule has 9 heteroatoms. The van der Waals surface area contributed by atoms with Crippen molar-refractivity contribution in [2.45, 2.75) is 19.5 Å². The van der Waals surface area contributed by atoms with Gasteiger partial charge < -0.3 is 10.1 Å². The minimum absolute atomic E-state index is 0.283. The lowest BCUT2D eigenvalue weighted by atomic mass is 10.0. The number of anilines is 1. The van der Waals surface area contributed by atoms with Gasteiger partial charge in [0.25, 0.3) is 11.8 Å². The third-order valence-corrected chi connectivity index (χ3v) is 7.34. The lowest BCUT2D eigenvalue weighted by molar-refractivity contribution is -0.116. The van der Waals surface area contributed by atoms with Gasteiger partial charge in [0, 0.05) is 24.5 Å². The minimum atomic E-state index is -0.551. The first-order chi connectivity index (χ1) is 17.0. The highest BCUT2D eigenvalue weighted by Crippen LogP contribution is 2.38. The van der Waals surface area contributed by atoms with Gasteiger partial charge in [-0.2, -0.15) is 0 Å². The predicted octanol–water partition coefficient (Wildman–Crippen LogP) is 3.33. The molecule has 0 atom stereocenters. The first kappa shape index (κ1) is 22.9. The van der Waals surface area contributed by atoms with Crippen LogP contribution in [0.5, 0.6) is 0 Å². The van der Waals surface area contributed by atoms with Gasteiger partial charge in [-0.1, -0.05) is 42.5 Å². The molecule has 178 valence electrons. The van der Waals surface area contributed by atoms with Crippen molar-refractivity contribution in [1.29, 1.82) is 0 Å². The zero-order valence-corrected chi connectivity index (χ0v) is 19.9. The molecule has 35 heavy (non-hydrogen) atoms. The number of amides is 3. The highest BCUT2D eigenvalue weighted by atomic mass is 32.1. The molecule has 0 spiro atoms. The molecular weight excluding hydrogens is 466 g/mol. The molecule has 0 unspecified atom stereocenters. The largest absolute Gasteiger partial charge is 0.465 e. The summed E-state index contributed by atoms with van der Waals surface area (Å²) in [7, 11) is 1.31. The Morgan fingerprint density at radius 2 is 1.66 bits per heavy atom. The average molecular weight is 490 g/mol. The van der Waals surface area contributed by atoms with Crippen molar-refractivity contribution in [3.05, 3.63) is 87.3 Å². The zero-order chi connectivity index (χ0) is 24.5. The van der Waals surface area contributed by atoms with E-state index >= 15 is 0 Å². The number of ether oxygens (including phenoxy) is 1. The molecule has 0 bridgehead atoms. The lowest BCUT2D eigenvalue weighted by Gasteiger charge is -2.27. The van der Waals surface area contributed by atoms with Gasteiger partial charge in [0.1, 0.15) is 11.5 Å². The topological polar surface area (TPSA) is 96.0 Å². The molecule has 0 radical (unpaired) electrons. The molecule has 1 aromatic heterocycles. The number of hydrogen-bond acceptors (Lipinski definition) is 7. The van der Waals surface area contributed by atoms with E-state index in [1.54, 1.807) is 24.3 Å². The number of thiophene rings is 1. The molecule has 3 amide bonds. The number of carbonyl (C=O) groups is 4. The van der Waals surface area contributed by atoms with Crippen molar-refractivity contribution < 1.29 is 23.9 Å². The van der Waals surface area contributed by atoms with E-state index in [1.807, 2.05) is 18.2 Å². The van der Waals surface area contributed by atoms with Crippen molar-refractivity contribution >= 4 is 40.0 Å². The van der Waals surface area contributed by atoms with Crippen LogP contribution in [0, 0.1) is 0 Å². The Hall–Kier alpha value is -3.82. The Bertz CT molecular complexity index is 1300. The molecule has 0 aliphatic carbocycles. The van der Waals surface area contributed by atoms with Crippen LogP contribution >= 0.6 is 11.3 Å². The van der Waals surface area contributed by atoms with Gasteiger partial charge in [-0.05, 0) is 29.7 Å². The van der Waals surface area contributed by atoms with Crippen molar-refractivity contribution in [2.75, 3.05) is 25.5 Å². The van der Waals surface area contributed by atoms with E-state index in [-0.39, 0.29) is 11.1 Å². The van der Waals surface area contributed by atoms with E-state index in [1.165, 1.54) is 24.0 Å². The normalized spacial score (nSPS) is 15.1. The third kappa shape index (κ3) is 4.36. The molecule has 0 saturated heterocycles. The van der Waals surface area contributed by atoms with Crippen LogP contribution in [0.15, 0.2) is 54.6 Å². The summed E-state index contributed by atoms with van der Waals surface area (Å²) in [4.78, 5) is 54.9. The number of imide groups is 1. The van der Waals surface area contributed by atoms with Gasteiger partial charge >= 0.3 is 5.97 Å². The average Bonchev–Trinajstić information content (AvgIpc) is 3.34. The highest BCUT2D eigenvalue weighted by molar-refractivity contribution is 7.17. The number of nitrogens with zero attached hydrogens (tertiary/aromatic N) is 2. The minimum Gasteiger partial charge on any atom is -0.465 e. The summed E-state index contributed by atoms with van der Waals surface area (Å²) >= 11 is 1.33. The van der Waals surface area contributed by atoms with Gasteiger partial charge in [0.15, 0.2) is 0 Å². The second kappa shape index (κ2) is 9.44. The molecule has 3 heterocycles. The number of nitrogens with one attached hydrogen (secondary N) is 1. The SMILES string of the molecule is COC(=O)c1c(NC(=O)CN2C(=O)c3ccccc3C2=O)sc2c1CCN(Cc1ccccc1)C2. The molecule has 5 rings (SSSR count). The van der Waals surface area contributed by atoms with Crippen LogP contribution in [0.4, 0.5) is 5.00 Å². The van der Waals surface area contributed by atoms with Gasteiger partial charge in [0.05, 0.1) is 23.8 Å². The van der Waals surface area contributed by atoms with Crippen LogP contribution in [0.2, 0.25) is 0 Å². The monoisotopic (exact) mass is 489 g/mol. The standard InChI is InChI=1S/C26H23N3O5S/c1-34-26(33)22-19-11-12-28(13-16-7-3-2-4-8-16)14-20(19)35-23(22)27-21(30)15-29-24(31)17-9-5-6-10-18(17)25(29)32/h2-10H,11-15H2,1H3,(H,27,30). The number of carbonyl (C=O) groups excluding carboxylic acids is 4. The van der Waals surface area contributed by atoms with Crippen molar-refractivity contribution in [3.63, 3.8) is 0 Å². The maximum Gasteiger partial charge on any atom is 0.341 e. The second-order valence-electron chi connectivity index (χ2n) is 8.44. The summed E-state index contributed by atoms with van der Waals surface area (Å²) in [6.07, 6.45) is 0.650. The van der Waals surface area contributed by atoms with E-state index in [0.29, 0.717) is 23.5 Å². The molecule has 0 saturated carbocycles. The molecule has 2 aliphatic rings. The number of methoxy groups -OCH3 is 1. The molecule has 2 aromatic carbocycles. The first-order valence-electron chi connectivity index (χ1n) is 11.2. The smallest absolute Gasteiger partial charge is 0.341 e. The first-order valence-corrected chi connectivity index (χ1v) is 12.0. The Labute approximate surface area is 206 Å². The lowest BCUT2D eigenvalue weighted by Crippen LogP contribution is -2.37. The summed E-state index contributed by atoms with van der Waals surface area (Å²) in [5, 5.41) is 3.14. The van der Waals surface area contributed by atoms with E-state index in [4.69, 9.17) is 4.74 Å². The van der Waals surface area contributed by atoms with Crippen LogP contribution in [-0.2, 0) is 29.0 Å². The maximum atomic E-state index is 12.9. The Morgan fingerprint density at radius 3 is 2.31 bits per heavy atom. The third-order valence-electron chi connectivity index (χ3n) is 6.21. The van der Waals surface area contributed by atoms with Crippen molar-refractivity contribution in [3.8, 4) is 0 Å². The fraction of sp³-hybridized carbons (Fsp3) is 0.231. The Morgan fingerprint density at radius 1 is 1.00 bits per heavy atom. The van der Waals surface area contributed by atoms with Crippen LogP contribution in [0.3, 0.4) is 0 Å². The summed E-state index contributed by atoms with van der Waals surface area (Å²) in [6.45, 7) is 1.76. The zero-order valence-electron chi connectivity index (χ0n) is 19.1. The van der Waals surface area contributed by atoms with Gasteiger partial charge in [-0.15, -0.1) is 11.3 Å². The molecule has 8 nitrogen and oxygen atoms in total. The molecule has 1 N–H and O–H groups in total. The predicted molar refractivity (Wildman–Crippen MR) is 130 cm³/mol. The van der Waals surface area contributed by atoms with Gasteiger partial charge in [-0.25, -0.2) is 4.79 Å². The second-order valence-corrected chi connectivity index (χ2v) is 9.54. The van der Waals surface area contributed by atoms with Crippen LogP contribution < -0.4 is 5.32 Å². The quantitative estimate of drug-likeness (QED) is 0.422. The Balaban J connectivity index is 1.34. The fourth-order valence-electron chi connectivity index (χ4n) is 4.53. The summed E-state index contributed by atoms with van der Waals surface area (Å²) in [5.74, 6) is -2.08. The van der Waals surface area contributed by atoms with Crippen LogP contribution in [-0.4, -0.2) is 53.7 Å². The van der Waals surface area contributed by atoms with Crippen LogP contribution in [0.1, 0.15) is 47.1 Å². The van der Waals surface area contributed by atoms with Crippen molar-refractivity contribution in [2.24, 2.45) is 0 Å². The van der Waals surface area contributed by atoms with Gasteiger partial charge in [0.2, 0.25) is 5.91 Å². The molecular formula is C26H23N3O5S. The summed E-state index contributed by atoms with van der Waals surface area (Å²) < 4.78 is 5.00. The molecule has 3 aromatic rings. The van der Waals surface area contributed by atoms with Crippen LogP contribution in [0.25, 0.3) is 0 Å². The Kier molecular flexibility index (Phi) is 6.19. The summed E-state index contributed by atoms with van der Waals surface area (Å²) in [5.41, 5.74) is 3.00. The molecule has 2 aliphatic heterocycles. The highest BCUT2D eigenvalue weighted by Gasteiger charge is 2.37. The molecule has 0 fully saturated rings. The number of benzene rings is 2. The van der Waals surface area contributed by atoms with E-state index < -0.39 is 30.2 Å².